The highest BCUT2D eigenvalue weighted by Gasteiger charge is 2.49. The van der Waals surface area contributed by atoms with Crippen LogP contribution in [0.1, 0.15) is 141 Å². The number of likely N-dealkylation sites (tertiary alicyclic amines) is 2. The highest BCUT2D eigenvalue weighted by Crippen LogP contribution is 2.45. The first-order valence-electron chi connectivity index (χ1n) is 29.2. The second-order valence-corrected chi connectivity index (χ2v) is 34.8. The number of alkyl halides is 6. The van der Waals surface area contributed by atoms with E-state index in [1.54, 1.807) is 4.90 Å². The highest BCUT2D eigenvalue weighted by atomic mass is 35.7. The maximum atomic E-state index is 13.3. The molecule has 0 radical (unpaired) electrons. The van der Waals surface area contributed by atoms with Crippen LogP contribution in [-0.4, -0.2) is 138 Å². The van der Waals surface area contributed by atoms with Crippen LogP contribution in [0.4, 0.5) is 49.6 Å². The van der Waals surface area contributed by atoms with E-state index in [0.29, 0.717) is 51.3 Å². The van der Waals surface area contributed by atoms with Crippen LogP contribution in [0.25, 0.3) is 0 Å². The normalized spacial score (nSPS) is 20.9. The van der Waals surface area contributed by atoms with E-state index in [9.17, 15) is 43.2 Å². The first kappa shape index (κ1) is 60.3. The zero-order chi connectivity index (χ0) is 57.6. The number of hydrogen-bond donors (Lipinski definition) is 3. The van der Waals surface area contributed by atoms with Crippen molar-refractivity contribution < 1.29 is 47.9 Å². The van der Waals surface area contributed by atoms with Crippen LogP contribution >= 0.6 is 10.7 Å². The number of piperidine rings is 1. The van der Waals surface area contributed by atoms with Gasteiger partial charge in [0.1, 0.15) is 6.73 Å². The van der Waals surface area contributed by atoms with Gasteiger partial charge in [-0.1, -0.05) is 51.0 Å². The van der Waals surface area contributed by atoms with Gasteiger partial charge in [0, 0.05) is 60.9 Å². The third-order valence-electron chi connectivity index (χ3n) is 18.2. The summed E-state index contributed by atoms with van der Waals surface area (Å²) in [7, 11) is -3.66. The van der Waals surface area contributed by atoms with E-state index in [0.717, 1.165) is 133 Å². The second-order valence-electron chi connectivity index (χ2n) is 24.9. The highest BCUT2D eigenvalue weighted by molar-refractivity contribution is 8.13. The molecular formula is C55H78ClF6N11O5S2Si. The number of anilines is 4. The minimum absolute atomic E-state index is 0.0895. The topological polar surface area (TPSA) is 184 Å². The summed E-state index contributed by atoms with van der Waals surface area (Å²) in [5.74, 6) is 0.584. The Balaban J connectivity index is 0.000000147. The molecule has 0 amide bonds. The lowest BCUT2D eigenvalue weighted by Crippen LogP contribution is -2.55. The van der Waals surface area contributed by atoms with Gasteiger partial charge < -0.3 is 15.4 Å². The van der Waals surface area contributed by atoms with Gasteiger partial charge in [0.05, 0.1) is 13.1 Å². The Morgan fingerprint density at radius 1 is 0.630 bits per heavy atom. The van der Waals surface area contributed by atoms with Crippen LogP contribution in [0.2, 0.25) is 25.7 Å². The molecule has 2 aromatic carbocycles. The maximum absolute atomic E-state index is 13.3. The second kappa shape index (κ2) is 23.9. The molecule has 0 atom stereocenters. The number of halogens is 7. The molecule has 5 heterocycles. The SMILES string of the molecule is C[Si](C)(C)CCOCn1nc(S(=O)(=O)Cl)nc1Nc1c2c(cc3c1CCC3)CCC2.FC(F)(F)CN1CCCC12CCCCC2.O=S(=O)(c1nc(Nc2c3c(cc4c2CCC4)CCC3)n[nH]1)N1CCC2(CCCN2CC(F)(F)F)CC1. The molecule has 8 aliphatic rings. The number of rotatable bonds is 14. The predicted octanol–water partition coefficient (Wildman–Crippen LogP) is 11.3. The fraction of sp³-hybridized carbons (Fsp3) is 0.709. The number of fused-ring (bicyclic) bond motifs is 4. The van der Waals surface area contributed by atoms with E-state index in [1.165, 1.54) is 64.8 Å². The van der Waals surface area contributed by atoms with E-state index in [4.69, 9.17) is 15.4 Å². The van der Waals surface area contributed by atoms with Gasteiger partial charge in [0.2, 0.25) is 11.9 Å². The molecule has 3 aliphatic heterocycles. The standard InChI is InChI=1S/C24H31F3N6O2S.C20H29ClN4O3SSi.C11H18F3N/c25-24(26,27)15-32-11-3-8-23(32)9-12-33(13-10-23)36(34,35)22-29-21(30-31-22)28-20-18-6-1-4-16(18)14-17-5-2-7-19(17)20;1-30(2,3)11-10-28-13-25-19(23-20(24-25)29(21,26)27)22-18-16-8-4-6-14(16)12-15-7-5-9-17(15)18;12-11(13,14)9-15-8-4-7-10(15)5-2-1-3-6-10/h14H,1-13,15H2,(H2,28,29,30,31);12H,4-11,13H2,1-3H3,(H,22,23,24);1-9H2. The van der Waals surface area contributed by atoms with Gasteiger partial charge in [-0.15, -0.1) is 10.2 Å². The summed E-state index contributed by atoms with van der Waals surface area (Å²) in [5, 5.41) is 17.0. The maximum Gasteiger partial charge on any atom is 0.401 e. The number of aryl methyl sites for hydroxylation is 4. The largest absolute Gasteiger partial charge is 0.401 e. The fourth-order valence-corrected chi connectivity index (χ4v) is 16.8. The first-order chi connectivity index (χ1) is 38.3. The Hall–Kier alpha value is -3.85. The zero-order valence-electron chi connectivity index (χ0n) is 46.9. The van der Waals surface area contributed by atoms with Crippen LogP contribution < -0.4 is 10.6 Å². The molecular weight excluding hydrogens is 1140 g/mol. The molecule has 448 valence electrons. The van der Waals surface area contributed by atoms with E-state index in [2.05, 4.69) is 67.7 Å². The third-order valence-corrected chi connectivity index (χ3v) is 22.7. The quantitative estimate of drug-likeness (QED) is 0.0470. The molecule has 0 bridgehead atoms. The third kappa shape index (κ3) is 14.0. The Bertz CT molecular complexity index is 3070. The number of hydrogen-bond acceptors (Lipinski definition) is 13. The molecule has 0 unspecified atom stereocenters. The van der Waals surface area contributed by atoms with Gasteiger partial charge in [0.25, 0.3) is 29.4 Å². The molecule has 3 saturated heterocycles. The molecule has 12 rings (SSSR count). The van der Waals surface area contributed by atoms with E-state index >= 15 is 0 Å². The molecule has 5 aliphatic carbocycles. The summed E-state index contributed by atoms with van der Waals surface area (Å²) in [4.78, 5) is 11.7. The Labute approximate surface area is 477 Å². The summed E-state index contributed by atoms with van der Waals surface area (Å²) in [5.41, 5.74) is 12.1. The Morgan fingerprint density at radius 2 is 1.10 bits per heavy atom. The number of aromatic amines is 1. The summed E-state index contributed by atoms with van der Waals surface area (Å²) >= 11 is 0. The number of H-pyrrole nitrogens is 1. The molecule has 4 fully saturated rings. The smallest absolute Gasteiger partial charge is 0.359 e. The first-order valence-corrected chi connectivity index (χ1v) is 36.6. The van der Waals surface area contributed by atoms with Gasteiger partial charge >= 0.3 is 12.4 Å². The lowest BCUT2D eigenvalue weighted by Gasteiger charge is -2.44. The molecule has 26 heteroatoms. The molecule has 81 heavy (non-hydrogen) atoms. The number of nitrogens with zero attached hydrogens (tertiary/aromatic N) is 8. The summed E-state index contributed by atoms with van der Waals surface area (Å²) in [6.07, 6.45) is 13.9. The van der Waals surface area contributed by atoms with E-state index in [-0.39, 0.29) is 36.5 Å². The summed E-state index contributed by atoms with van der Waals surface area (Å²) < 4.78 is 135. The molecule has 2 aromatic heterocycles. The van der Waals surface area contributed by atoms with Crippen molar-refractivity contribution in [1.29, 1.82) is 0 Å². The van der Waals surface area contributed by atoms with Crippen molar-refractivity contribution in [3.63, 3.8) is 0 Å². The number of ether oxygens (including phenoxy) is 1. The number of sulfonamides is 1. The molecule has 4 aromatic rings. The van der Waals surface area contributed by atoms with Crippen molar-refractivity contribution in [1.82, 2.24) is 44.1 Å². The average molecular weight is 1210 g/mol. The van der Waals surface area contributed by atoms with Crippen LogP contribution in [-0.2, 0) is 81.9 Å². The minimum atomic E-state index is -4.26. The summed E-state index contributed by atoms with van der Waals surface area (Å²) in [6, 6.07) is 5.70. The van der Waals surface area contributed by atoms with Gasteiger partial charge in [-0.25, -0.2) is 26.6 Å². The van der Waals surface area contributed by atoms with Gasteiger partial charge in [0.15, 0.2) is 0 Å². The fourth-order valence-electron chi connectivity index (χ4n) is 14.2. The van der Waals surface area contributed by atoms with Crippen LogP contribution in [0, 0.1) is 0 Å². The molecule has 2 spiro atoms. The van der Waals surface area contributed by atoms with E-state index < -0.39 is 63.3 Å². The van der Waals surface area contributed by atoms with Crippen molar-refractivity contribution in [2.45, 2.75) is 214 Å². The number of nitrogens with one attached hydrogen (secondary N) is 3. The van der Waals surface area contributed by atoms with Crippen LogP contribution in [0.3, 0.4) is 0 Å². The number of aromatic nitrogens is 6. The Kier molecular flexibility index (Phi) is 17.8. The molecule has 3 N–H and O–H groups in total. The van der Waals surface area contributed by atoms with Crippen molar-refractivity contribution >= 4 is 61.1 Å². The van der Waals surface area contributed by atoms with Crippen LogP contribution in [0.5, 0.6) is 0 Å². The lowest BCUT2D eigenvalue weighted by atomic mass is 9.80. The van der Waals surface area contributed by atoms with Crippen molar-refractivity contribution in [3.8, 4) is 0 Å². The lowest BCUT2D eigenvalue weighted by molar-refractivity contribution is -0.157. The predicted molar refractivity (Wildman–Crippen MR) is 301 cm³/mol. The molecule has 1 saturated carbocycles. The van der Waals surface area contributed by atoms with Crippen molar-refractivity contribution in [3.05, 3.63) is 56.6 Å². The Morgan fingerprint density at radius 3 is 1.57 bits per heavy atom. The van der Waals surface area contributed by atoms with Crippen LogP contribution in [0.15, 0.2) is 22.4 Å². The zero-order valence-corrected chi connectivity index (χ0v) is 50.3. The van der Waals surface area contributed by atoms with Crippen molar-refractivity contribution in [2.24, 2.45) is 0 Å². The van der Waals surface area contributed by atoms with Crippen molar-refractivity contribution in [2.75, 3.05) is 56.5 Å². The average Bonchev–Trinajstić information content (AvgIpc) is 4.22. The van der Waals surface area contributed by atoms with Gasteiger partial charge in [-0.05, 0) is 192 Å². The summed E-state index contributed by atoms with van der Waals surface area (Å²) in [6.45, 7) is 7.32. The minimum Gasteiger partial charge on any atom is -0.359 e. The number of benzene rings is 2. The van der Waals surface area contributed by atoms with Gasteiger partial charge in [-0.3, -0.25) is 9.80 Å². The van der Waals surface area contributed by atoms with E-state index in [1.807, 2.05) is 0 Å². The molecule has 16 nitrogen and oxygen atoms in total. The monoisotopic (exact) mass is 1210 g/mol. The van der Waals surface area contributed by atoms with Gasteiger partial charge in [-0.2, -0.15) is 40.6 Å².